The Balaban J connectivity index is 1.85. The van der Waals surface area contributed by atoms with E-state index in [9.17, 15) is 0 Å². The molecule has 0 spiro atoms. The highest BCUT2D eigenvalue weighted by Gasteiger charge is 1.95. The van der Waals surface area contributed by atoms with Gasteiger partial charge >= 0.3 is 0 Å². The number of hydrogen-bond acceptors (Lipinski definition) is 2. The molecule has 0 aliphatic heterocycles. The number of halogens is 1. The van der Waals surface area contributed by atoms with E-state index in [2.05, 4.69) is 50.5 Å². The Morgan fingerprint density at radius 2 is 1.75 bits per heavy atom. The monoisotopic (exact) mass is 276 g/mol. The second kappa shape index (κ2) is 5.77. The van der Waals surface area contributed by atoms with E-state index in [4.69, 9.17) is 0 Å². The van der Waals surface area contributed by atoms with Crippen molar-refractivity contribution in [1.82, 2.24) is 10.3 Å². The van der Waals surface area contributed by atoms with Gasteiger partial charge in [-0.3, -0.25) is 0 Å². The van der Waals surface area contributed by atoms with Crippen molar-refractivity contribution in [3.05, 3.63) is 64.4 Å². The van der Waals surface area contributed by atoms with Crippen LogP contribution in [0.25, 0.3) is 0 Å². The van der Waals surface area contributed by atoms with E-state index in [1.807, 2.05) is 24.4 Å². The molecule has 0 unspecified atom stereocenters. The van der Waals surface area contributed by atoms with Crippen molar-refractivity contribution in [2.45, 2.75) is 13.1 Å². The molecule has 0 fully saturated rings. The predicted molar refractivity (Wildman–Crippen MR) is 68.9 cm³/mol. The van der Waals surface area contributed by atoms with Crippen LogP contribution in [0.5, 0.6) is 0 Å². The zero-order valence-corrected chi connectivity index (χ0v) is 10.4. The molecule has 0 aliphatic carbocycles. The minimum absolute atomic E-state index is 0.857. The van der Waals surface area contributed by atoms with E-state index in [0.717, 1.165) is 17.7 Å². The number of rotatable bonds is 4. The maximum absolute atomic E-state index is 4.09. The molecule has 2 rings (SSSR count). The van der Waals surface area contributed by atoms with Gasteiger partial charge < -0.3 is 5.32 Å². The van der Waals surface area contributed by atoms with Crippen LogP contribution in [-0.2, 0) is 13.1 Å². The van der Waals surface area contributed by atoms with E-state index < -0.39 is 0 Å². The fraction of sp³-hybridized carbons (Fsp3) is 0.154. The maximum Gasteiger partial charge on any atom is 0.106 e. The average molecular weight is 277 g/mol. The second-order valence-corrected chi connectivity index (χ2v) is 4.39. The summed E-state index contributed by atoms with van der Waals surface area (Å²) < 4.78 is 0.881. The lowest BCUT2D eigenvalue weighted by Crippen LogP contribution is -2.12. The second-order valence-electron chi connectivity index (χ2n) is 3.58. The molecule has 0 saturated carbocycles. The van der Waals surface area contributed by atoms with Crippen LogP contribution in [-0.4, -0.2) is 4.98 Å². The largest absolute Gasteiger partial charge is 0.309 e. The van der Waals surface area contributed by atoms with Crippen molar-refractivity contribution in [3.63, 3.8) is 0 Å². The van der Waals surface area contributed by atoms with Crippen molar-refractivity contribution >= 4 is 15.9 Å². The van der Waals surface area contributed by atoms with Gasteiger partial charge in [-0.25, -0.2) is 4.98 Å². The first kappa shape index (κ1) is 11.3. The van der Waals surface area contributed by atoms with Crippen molar-refractivity contribution in [2.75, 3.05) is 0 Å². The van der Waals surface area contributed by atoms with Crippen LogP contribution >= 0.6 is 15.9 Å². The number of nitrogens with one attached hydrogen (secondary N) is 1. The summed E-state index contributed by atoms with van der Waals surface area (Å²) in [6.45, 7) is 1.75. The molecule has 0 amide bonds. The number of nitrogens with zero attached hydrogens (tertiary/aromatic N) is 1. The highest BCUT2D eigenvalue weighted by atomic mass is 79.9. The van der Waals surface area contributed by atoms with Crippen molar-refractivity contribution in [3.8, 4) is 0 Å². The molecule has 16 heavy (non-hydrogen) atoms. The van der Waals surface area contributed by atoms with E-state index in [0.29, 0.717) is 0 Å². The van der Waals surface area contributed by atoms with Gasteiger partial charge in [-0.1, -0.05) is 30.3 Å². The third-order valence-corrected chi connectivity index (χ3v) is 2.73. The summed E-state index contributed by atoms with van der Waals surface area (Å²) in [5.74, 6) is 0. The number of pyridine rings is 1. The predicted octanol–water partition coefficient (Wildman–Crippen LogP) is 3.13. The van der Waals surface area contributed by atoms with Gasteiger partial charge in [0.05, 0.1) is 0 Å². The summed E-state index contributed by atoms with van der Waals surface area (Å²) in [5.41, 5.74) is 2.54. The van der Waals surface area contributed by atoms with Gasteiger partial charge in [0.1, 0.15) is 4.60 Å². The van der Waals surface area contributed by atoms with Gasteiger partial charge in [0.15, 0.2) is 0 Å². The summed E-state index contributed by atoms with van der Waals surface area (Å²) in [7, 11) is 0. The van der Waals surface area contributed by atoms with E-state index in [1.54, 1.807) is 0 Å². The average Bonchev–Trinajstić information content (AvgIpc) is 2.30. The van der Waals surface area contributed by atoms with Gasteiger partial charge in [-0.15, -0.1) is 0 Å². The Bertz CT molecular complexity index is 443. The number of benzene rings is 1. The van der Waals surface area contributed by atoms with Crippen LogP contribution in [0, 0.1) is 0 Å². The molecule has 2 aromatic rings. The van der Waals surface area contributed by atoms with Crippen LogP contribution in [0.3, 0.4) is 0 Å². The van der Waals surface area contributed by atoms with Crippen molar-refractivity contribution < 1.29 is 0 Å². The quantitative estimate of drug-likeness (QED) is 0.868. The summed E-state index contributed by atoms with van der Waals surface area (Å²) in [6, 6.07) is 14.4. The first-order valence-corrected chi connectivity index (χ1v) is 5.99. The third kappa shape index (κ3) is 3.43. The molecule has 0 aliphatic rings. The Morgan fingerprint density at radius 1 is 1.00 bits per heavy atom. The molecule has 0 saturated heterocycles. The van der Waals surface area contributed by atoms with Gasteiger partial charge in [0.2, 0.25) is 0 Å². The first-order chi connectivity index (χ1) is 7.84. The molecular weight excluding hydrogens is 264 g/mol. The lowest BCUT2D eigenvalue weighted by molar-refractivity contribution is 0.692. The summed E-state index contributed by atoms with van der Waals surface area (Å²) in [6.07, 6.45) is 1.81. The fourth-order valence-corrected chi connectivity index (χ4v) is 1.91. The molecule has 2 nitrogen and oxygen atoms in total. The lowest BCUT2D eigenvalue weighted by atomic mass is 10.2. The molecule has 1 N–H and O–H groups in total. The van der Waals surface area contributed by atoms with Crippen molar-refractivity contribution in [2.24, 2.45) is 0 Å². The summed E-state index contributed by atoms with van der Waals surface area (Å²) >= 11 is 3.36. The van der Waals surface area contributed by atoms with Gasteiger partial charge in [-0.05, 0) is 39.2 Å². The Kier molecular flexibility index (Phi) is 4.08. The van der Waals surface area contributed by atoms with Crippen LogP contribution in [0.2, 0.25) is 0 Å². The van der Waals surface area contributed by atoms with Crippen LogP contribution in [0.15, 0.2) is 53.3 Å². The van der Waals surface area contributed by atoms with Gasteiger partial charge in [-0.2, -0.15) is 0 Å². The van der Waals surface area contributed by atoms with Gasteiger partial charge in [0, 0.05) is 19.3 Å². The van der Waals surface area contributed by atoms with E-state index in [-0.39, 0.29) is 0 Å². The minimum atomic E-state index is 0.857. The van der Waals surface area contributed by atoms with Crippen molar-refractivity contribution in [1.29, 1.82) is 0 Å². The zero-order valence-electron chi connectivity index (χ0n) is 8.86. The molecule has 3 heteroatoms. The number of hydrogen-bond donors (Lipinski definition) is 1. The molecule has 1 aromatic carbocycles. The third-order valence-electron chi connectivity index (χ3n) is 2.29. The smallest absolute Gasteiger partial charge is 0.106 e. The molecular formula is C13H13BrN2. The summed E-state index contributed by atoms with van der Waals surface area (Å²) in [4.78, 5) is 4.09. The first-order valence-electron chi connectivity index (χ1n) is 5.20. The van der Waals surface area contributed by atoms with E-state index in [1.165, 1.54) is 11.1 Å². The minimum Gasteiger partial charge on any atom is -0.309 e. The number of aromatic nitrogens is 1. The lowest BCUT2D eigenvalue weighted by Gasteiger charge is -2.05. The van der Waals surface area contributed by atoms with Crippen LogP contribution in [0.1, 0.15) is 11.1 Å². The Hall–Kier alpha value is -1.19. The normalized spacial score (nSPS) is 10.3. The standard InChI is InChI=1S/C13H13BrN2/c14-13-8-12(6-7-16-13)10-15-9-11-4-2-1-3-5-11/h1-8,15H,9-10H2. The highest BCUT2D eigenvalue weighted by molar-refractivity contribution is 9.10. The van der Waals surface area contributed by atoms with Crippen LogP contribution < -0.4 is 5.32 Å². The summed E-state index contributed by atoms with van der Waals surface area (Å²) in [5, 5.41) is 3.40. The van der Waals surface area contributed by atoms with E-state index >= 15 is 0 Å². The molecule has 1 aromatic heterocycles. The topological polar surface area (TPSA) is 24.9 Å². The highest BCUT2D eigenvalue weighted by Crippen LogP contribution is 2.08. The fourth-order valence-electron chi connectivity index (χ4n) is 1.50. The molecule has 82 valence electrons. The Labute approximate surface area is 104 Å². The molecule has 0 bridgehead atoms. The van der Waals surface area contributed by atoms with Gasteiger partial charge in [0.25, 0.3) is 0 Å². The molecule has 0 radical (unpaired) electrons. The molecule has 1 heterocycles. The van der Waals surface area contributed by atoms with Crippen LogP contribution in [0.4, 0.5) is 0 Å². The zero-order chi connectivity index (χ0) is 11.2. The molecule has 0 atom stereocenters. The Morgan fingerprint density at radius 3 is 2.50 bits per heavy atom. The maximum atomic E-state index is 4.09. The SMILES string of the molecule is Brc1cc(CNCc2ccccc2)ccn1.